The predicted octanol–water partition coefficient (Wildman–Crippen LogP) is 2.19. The third-order valence-corrected chi connectivity index (χ3v) is 4.19. The van der Waals surface area contributed by atoms with Crippen LogP contribution in [0, 0.1) is 5.92 Å². The van der Waals surface area contributed by atoms with Gasteiger partial charge in [0.1, 0.15) is 0 Å². The average Bonchev–Trinajstić information content (AvgIpc) is 2.86. The summed E-state index contributed by atoms with van der Waals surface area (Å²) in [5.41, 5.74) is 1.51. The van der Waals surface area contributed by atoms with Crippen molar-refractivity contribution in [3.05, 3.63) is 28.8 Å². The van der Waals surface area contributed by atoms with Crippen LogP contribution in [-0.2, 0) is 21.3 Å². The molecule has 112 valence electrons. The highest BCUT2D eigenvalue weighted by molar-refractivity contribution is 7.83. The molecular formula is C13H18Cl2N2O2S. The van der Waals surface area contributed by atoms with Crippen LogP contribution in [0.2, 0.25) is 5.02 Å². The van der Waals surface area contributed by atoms with Gasteiger partial charge in [0.2, 0.25) is 5.91 Å². The SMILES string of the molecule is CS(=O)Cc1cc(NC(=O)C2CCNC2)ccc1Cl.Cl. The first kappa shape index (κ1) is 17.4. The van der Waals surface area contributed by atoms with E-state index in [1.807, 2.05) is 0 Å². The molecule has 0 aliphatic carbocycles. The van der Waals surface area contributed by atoms with Gasteiger partial charge in [-0.2, -0.15) is 0 Å². The molecule has 1 fully saturated rings. The van der Waals surface area contributed by atoms with Crippen molar-refractivity contribution < 1.29 is 9.00 Å². The number of benzene rings is 1. The molecule has 1 heterocycles. The number of carbonyl (C=O) groups excluding carboxylic acids is 1. The largest absolute Gasteiger partial charge is 0.326 e. The van der Waals surface area contributed by atoms with E-state index in [4.69, 9.17) is 11.6 Å². The molecule has 1 amide bonds. The summed E-state index contributed by atoms with van der Waals surface area (Å²) in [6.07, 6.45) is 2.50. The van der Waals surface area contributed by atoms with Gasteiger partial charge in [-0.1, -0.05) is 11.6 Å². The van der Waals surface area contributed by atoms with E-state index in [9.17, 15) is 9.00 Å². The molecule has 0 bridgehead atoms. The van der Waals surface area contributed by atoms with Crippen LogP contribution in [0.3, 0.4) is 0 Å². The van der Waals surface area contributed by atoms with Gasteiger partial charge in [-0.05, 0) is 36.7 Å². The van der Waals surface area contributed by atoms with Gasteiger partial charge in [-0.15, -0.1) is 12.4 Å². The molecule has 2 atom stereocenters. The average molecular weight is 337 g/mol. The van der Waals surface area contributed by atoms with Gasteiger partial charge in [-0.25, -0.2) is 0 Å². The smallest absolute Gasteiger partial charge is 0.228 e. The number of amides is 1. The molecule has 1 aromatic rings. The zero-order chi connectivity index (χ0) is 13.8. The molecule has 7 heteroatoms. The Labute approximate surface area is 132 Å². The van der Waals surface area contributed by atoms with E-state index in [-0.39, 0.29) is 24.2 Å². The minimum absolute atomic E-state index is 0. The third kappa shape index (κ3) is 4.74. The topological polar surface area (TPSA) is 58.2 Å². The zero-order valence-electron chi connectivity index (χ0n) is 11.1. The van der Waals surface area contributed by atoms with Gasteiger partial charge < -0.3 is 10.6 Å². The summed E-state index contributed by atoms with van der Waals surface area (Å²) in [5.74, 6) is 0.448. The lowest BCUT2D eigenvalue weighted by atomic mass is 10.1. The van der Waals surface area contributed by atoms with Crippen LogP contribution < -0.4 is 10.6 Å². The van der Waals surface area contributed by atoms with E-state index in [0.29, 0.717) is 16.5 Å². The van der Waals surface area contributed by atoms with Gasteiger partial charge in [0.15, 0.2) is 0 Å². The Morgan fingerprint density at radius 2 is 2.30 bits per heavy atom. The fourth-order valence-electron chi connectivity index (χ4n) is 2.10. The van der Waals surface area contributed by atoms with Crippen molar-refractivity contribution >= 4 is 46.4 Å². The second-order valence-electron chi connectivity index (χ2n) is 4.70. The lowest BCUT2D eigenvalue weighted by Crippen LogP contribution is -2.24. The summed E-state index contributed by atoms with van der Waals surface area (Å²) in [4.78, 5) is 12.0. The van der Waals surface area contributed by atoms with Gasteiger partial charge in [0, 0.05) is 40.1 Å². The summed E-state index contributed by atoms with van der Waals surface area (Å²) in [7, 11) is -0.957. The first-order valence-corrected chi connectivity index (χ1v) is 8.27. The lowest BCUT2D eigenvalue weighted by Gasteiger charge is -2.11. The minimum atomic E-state index is -0.957. The fourth-order valence-corrected chi connectivity index (χ4v) is 3.05. The van der Waals surface area contributed by atoms with E-state index in [1.54, 1.807) is 24.5 Å². The number of halogens is 2. The van der Waals surface area contributed by atoms with Crippen LogP contribution >= 0.6 is 24.0 Å². The van der Waals surface area contributed by atoms with Crippen molar-refractivity contribution in [3.8, 4) is 0 Å². The Hall–Kier alpha value is -0.620. The predicted molar refractivity (Wildman–Crippen MR) is 86.1 cm³/mol. The molecule has 1 saturated heterocycles. The van der Waals surface area contributed by atoms with Crippen molar-refractivity contribution in [2.45, 2.75) is 12.2 Å². The molecule has 4 nitrogen and oxygen atoms in total. The van der Waals surface area contributed by atoms with E-state index in [0.717, 1.165) is 25.1 Å². The Kier molecular flexibility index (Phi) is 6.95. The van der Waals surface area contributed by atoms with Crippen molar-refractivity contribution in [1.29, 1.82) is 0 Å². The molecule has 0 spiro atoms. The highest BCUT2D eigenvalue weighted by Crippen LogP contribution is 2.22. The second kappa shape index (κ2) is 7.98. The van der Waals surface area contributed by atoms with Crippen molar-refractivity contribution in [2.75, 3.05) is 24.7 Å². The van der Waals surface area contributed by atoms with Gasteiger partial charge in [0.25, 0.3) is 0 Å². The molecule has 2 unspecified atom stereocenters. The summed E-state index contributed by atoms with van der Waals surface area (Å²) in [6.45, 7) is 1.62. The van der Waals surface area contributed by atoms with Crippen molar-refractivity contribution in [1.82, 2.24) is 5.32 Å². The van der Waals surface area contributed by atoms with Gasteiger partial charge in [-0.3, -0.25) is 9.00 Å². The van der Waals surface area contributed by atoms with E-state index >= 15 is 0 Å². The molecule has 1 aromatic carbocycles. The normalized spacial score (nSPS) is 19.2. The molecule has 1 aliphatic heterocycles. The molecule has 0 radical (unpaired) electrons. The third-order valence-electron chi connectivity index (χ3n) is 3.10. The standard InChI is InChI=1S/C13H17ClN2O2S.ClH/c1-19(18)8-10-6-11(2-3-12(10)14)16-13(17)9-4-5-15-7-9;/h2-3,6,9,15H,4-5,7-8H2,1H3,(H,16,17);1H. The number of anilines is 1. The van der Waals surface area contributed by atoms with Crippen LogP contribution in [0.4, 0.5) is 5.69 Å². The first-order valence-electron chi connectivity index (χ1n) is 6.16. The number of hydrogen-bond acceptors (Lipinski definition) is 3. The van der Waals surface area contributed by atoms with Crippen molar-refractivity contribution in [2.24, 2.45) is 5.92 Å². The minimum Gasteiger partial charge on any atom is -0.326 e. The zero-order valence-corrected chi connectivity index (χ0v) is 13.5. The Morgan fingerprint density at radius 1 is 1.55 bits per heavy atom. The first-order chi connectivity index (χ1) is 9.06. The van der Waals surface area contributed by atoms with E-state index < -0.39 is 10.8 Å². The second-order valence-corrected chi connectivity index (χ2v) is 6.54. The summed E-state index contributed by atoms with van der Waals surface area (Å²) in [5, 5.41) is 6.63. The van der Waals surface area contributed by atoms with Crippen LogP contribution in [0.25, 0.3) is 0 Å². The monoisotopic (exact) mass is 336 g/mol. The number of hydrogen-bond donors (Lipinski definition) is 2. The van der Waals surface area contributed by atoms with Gasteiger partial charge >= 0.3 is 0 Å². The maximum absolute atomic E-state index is 12.0. The molecule has 1 aliphatic rings. The summed E-state index contributed by atoms with van der Waals surface area (Å²) >= 11 is 6.05. The highest BCUT2D eigenvalue weighted by Gasteiger charge is 2.22. The van der Waals surface area contributed by atoms with E-state index in [1.165, 1.54) is 0 Å². The van der Waals surface area contributed by atoms with Crippen molar-refractivity contribution in [3.63, 3.8) is 0 Å². The molecule has 0 aromatic heterocycles. The number of carbonyl (C=O) groups is 1. The van der Waals surface area contributed by atoms with Crippen LogP contribution in [0.15, 0.2) is 18.2 Å². The van der Waals surface area contributed by atoms with E-state index in [2.05, 4.69) is 10.6 Å². The molecule has 20 heavy (non-hydrogen) atoms. The van der Waals surface area contributed by atoms with Crippen LogP contribution in [0.1, 0.15) is 12.0 Å². The molecule has 2 N–H and O–H groups in total. The number of nitrogens with one attached hydrogen (secondary N) is 2. The van der Waals surface area contributed by atoms with Gasteiger partial charge in [0.05, 0.1) is 5.92 Å². The lowest BCUT2D eigenvalue weighted by molar-refractivity contribution is -0.119. The van der Waals surface area contributed by atoms with Crippen LogP contribution in [0.5, 0.6) is 0 Å². The Bertz CT molecular complexity index is 505. The maximum Gasteiger partial charge on any atom is 0.228 e. The fraction of sp³-hybridized carbons (Fsp3) is 0.462. The molecule has 0 saturated carbocycles. The number of rotatable bonds is 4. The summed E-state index contributed by atoms with van der Waals surface area (Å²) in [6, 6.07) is 5.29. The highest BCUT2D eigenvalue weighted by atomic mass is 35.5. The Balaban J connectivity index is 0.00000200. The summed E-state index contributed by atoms with van der Waals surface area (Å²) < 4.78 is 11.3. The maximum atomic E-state index is 12.0. The quantitative estimate of drug-likeness (QED) is 0.886. The van der Waals surface area contributed by atoms with Crippen LogP contribution in [-0.4, -0.2) is 29.5 Å². The Morgan fingerprint density at radius 3 is 2.90 bits per heavy atom. The molecule has 2 rings (SSSR count). The molecular weight excluding hydrogens is 319 g/mol.